The fourth-order valence-corrected chi connectivity index (χ4v) is 2.90. The Morgan fingerprint density at radius 1 is 1.00 bits per heavy atom. The number of amides is 2. The molecule has 0 atom stereocenters. The minimum atomic E-state index is -0.370. The van der Waals surface area contributed by atoms with Crippen molar-refractivity contribution in [3.8, 4) is 11.3 Å². The number of aryl methyl sites for hydroxylation is 1. The van der Waals surface area contributed by atoms with Crippen molar-refractivity contribution in [3.63, 3.8) is 0 Å². The van der Waals surface area contributed by atoms with E-state index in [1.165, 1.54) is 0 Å². The average molecular weight is 426 g/mol. The highest BCUT2D eigenvalue weighted by molar-refractivity contribution is 6.30. The van der Waals surface area contributed by atoms with Gasteiger partial charge in [-0.3, -0.25) is 20.4 Å². The number of oxazole rings is 1. The Kier molecular flexibility index (Phi) is 6.57. The summed E-state index contributed by atoms with van der Waals surface area (Å²) in [5, 5.41) is 0.641. The summed E-state index contributed by atoms with van der Waals surface area (Å²) in [7, 11) is 0. The van der Waals surface area contributed by atoms with Gasteiger partial charge in [-0.05, 0) is 47.4 Å². The Morgan fingerprint density at radius 3 is 2.30 bits per heavy atom. The molecule has 2 N–H and O–H groups in total. The molecule has 1 heterocycles. The summed E-state index contributed by atoms with van der Waals surface area (Å²) < 4.78 is 5.67. The van der Waals surface area contributed by atoms with E-state index in [0.29, 0.717) is 28.7 Å². The summed E-state index contributed by atoms with van der Waals surface area (Å²) in [6, 6.07) is 14.5. The molecule has 0 fully saturated rings. The highest BCUT2D eigenvalue weighted by atomic mass is 35.5. The molecule has 3 aromatic rings. The van der Waals surface area contributed by atoms with E-state index >= 15 is 0 Å². The second-order valence-electron chi connectivity index (χ2n) is 7.95. The van der Waals surface area contributed by atoms with E-state index in [9.17, 15) is 9.59 Å². The maximum atomic E-state index is 12.2. The maximum Gasteiger partial charge on any atom is 0.269 e. The lowest BCUT2D eigenvalue weighted by Gasteiger charge is -2.19. The number of carbonyl (C=O) groups excluding carboxylic acids is 2. The molecule has 0 saturated carbocycles. The SMILES string of the molecule is CC(C)(C)c1ccc(C(=O)NNC(=O)CCc2ncc(-c3ccc(Cl)cc3)o2)cc1. The van der Waals surface area contributed by atoms with Crippen LogP contribution in [0.15, 0.2) is 59.1 Å². The number of hydrogen-bond acceptors (Lipinski definition) is 4. The molecule has 0 saturated heterocycles. The van der Waals surface area contributed by atoms with Crippen molar-refractivity contribution in [2.24, 2.45) is 0 Å². The van der Waals surface area contributed by atoms with Crippen molar-refractivity contribution >= 4 is 23.4 Å². The largest absolute Gasteiger partial charge is 0.441 e. The van der Waals surface area contributed by atoms with Crippen molar-refractivity contribution in [1.82, 2.24) is 15.8 Å². The first-order valence-corrected chi connectivity index (χ1v) is 10.0. The Labute approximate surface area is 180 Å². The molecule has 0 aliphatic rings. The topological polar surface area (TPSA) is 84.2 Å². The van der Waals surface area contributed by atoms with Crippen LogP contribution in [0.25, 0.3) is 11.3 Å². The molecule has 0 bridgehead atoms. The van der Waals surface area contributed by atoms with E-state index in [4.69, 9.17) is 16.0 Å². The highest BCUT2D eigenvalue weighted by Crippen LogP contribution is 2.23. The molecule has 3 rings (SSSR count). The summed E-state index contributed by atoms with van der Waals surface area (Å²) >= 11 is 5.88. The van der Waals surface area contributed by atoms with Gasteiger partial charge in [-0.15, -0.1) is 0 Å². The zero-order valence-corrected chi connectivity index (χ0v) is 17.9. The number of halogens is 1. The van der Waals surface area contributed by atoms with Gasteiger partial charge in [-0.2, -0.15) is 0 Å². The second-order valence-corrected chi connectivity index (χ2v) is 8.39. The number of nitrogens with one attached hydrogen (secondary N) is 2. The average Bonchev–Trinajstić information content (AvgIpc) is 3.19. The van der Waals surface area contributed by atoms with Gasteiger partial charge in [-0.25, -0.2) is 4.98 Å². The van der Waals surface area contributed by atoms with Crippen LogP contribution in [0.4, 0.5) is 0 Å². The number of carbonyl (C=O) groups is 2. The van der Waals surface area contributed by atoms with Crippen LogP contribution in [0.5, 0.6) is 0 Å². The lowest BCUT2D eigenvalue weighted by Crippen LogP contribution is -2.41. The third-order valence-corrected chi connectivity index (χ3v) is 4.83. The number of benzene rings is 2. The van der Waals surface area contributed by atoms with Crippen LogP contribution < -0.4 is 10.9 Å². The van der Waals surface area contributed by atoms with Crippen LogP contribution in [0.3, 0.4) is 0 Å². The van der Waals surface area contributed by atoms with E-state index in [0.717, 1.165) is 11.1 Å². The predicted octanol–water partition coefficient (Wildman–Crippen LogP) is 4.69. The van der Waals surface area contributed by atoms with E-state index in [1.54, 1.807) is 30.5 Å². The van der Waals surface area contributed by atoms with Crippen LogP contribution in [-0.2, 0) is 16.6 Å². The predicted molar refractivity (Wildman–Crippen MR) is 116 cm³/mol. The second kappa shape index (κ2) is 9.13. The van der Waals surface area contributed by atoms with Crippen molar-refractivity contribution < 1.29 is 14.0 Å². The van der Waals surface area contributed by atoms with Gasteiger partial charge in [0.05, 0.1) is 6.20 Å². The van der Waals surface area contributed by atoms with E-state index in [1.807, 2.05) is 24.3 Å². The summed E-state index contributed by atoms with van der Waals surface area (Å²) in [6.07, 6.45) is 2.05. The summed E-state index contributed by atoms with van der Waals surface area (Å²) in [5.41, 5.74) is 7.32. The lowest BCUT2D eigenvalue weighted by molar-refractivity contribution is -0.121. The summed E-state index contributed by atoms with van der Waals surface area (Å²) in [6.45, 7) is 6.32. The Balaban J connectivity index is 1.47. The minimum absolute atomic E-state index is 0.0104. The molecule has 0 aliphatic heterocycles. The van der Waals surface area contributed by atoms with Crippen LogP contribution in [0, 0.1) is 0 Å². The Hall–Kier alpha value is -3.12. The van der Waals surface area contributed by atoms with Gasteiger partial charge in [-0.1, -0.05) is 44.5 Å². The van der Waals surface area contributed by atoms with E-state index in [-0.39, 0.29) is 23.7 Å². The van der Waals surface area contributed by atoms with Crippen molar-refractivity contribution in [1.29, 1.82) is 0 Å². The van der Waals surface area contributed by atoms with Gasteiger partial charge >= 0.3 is 0 Å². The highest BCUT2D eigenvalue weighted by Gasteiger charge is 2.15. The number of rotatable bonds is 5. The first-order chi connectivity index (χ1) is 14.2. The number of hydrazine groups is 1. The molecular formula is C23H24ClN3O3. The van der Waals surface area contributed by atoms with Crippen molar-refractivity contribution in [3.05, 3.63) is 76.8 Å². The van der Waals surface area contributed by atoms with Gasteiger partial charge in [0.2, 0.25) is 5.91 Å². The molecule has 2 aromatic carbocycles. The van der Waals surface area contributed by atoms with Crippen LogP contribution in [0.2, 0.25) is 5.02 Å². The maximum absolute atomic E-state index is 12.2. The number of hydrogen-bond donors (Lipinski definition) is 2. The molecular weight excluding hydrogens is 402 g/mol. The fraction of sp³-hybridized carbons (Fsp3) is 0.261. The third kappa shape index (κ3) is 5.70. The molecule has 0 aliphatic carbocycles. The molecule has 30 heavy (non-hydrogen) atoms. The zero-order valence-electron chi connectivity index (χ0n) is 17.2. The van der Waals surface area contributed by atoms with Crippen molar-refractivity contribution in [2.45, 2.75) is 39.0 Å². The molecule has 6 nitrogen and oxygen atoms in total. The molecule has 0 spiro atoms. The van der Waals surface area contributed by atoms with Crippen molar-refractivity contribution in [2.75, 3.05) is 0 Å². The standard InChI is InChI=1S/C23H24ClN3O3/c1-23(2,3)17-8-4-16(5-9-17)22(29)27-26-20(28)12-13-21-25-14-19(30-21)15-6-10-18(24)11-7-15/h4-11,14H,12-13H2,1-3H3,(H,26,28)(H,27,29). The zero-order chi connectivity index (χ0) is 21.7. The smallest absolute Gasteiger partial charge is 0.269 e. The summed E-state index contributed by atoms with van der Waals surface area (Å²) in [5.74, 6) is 0.346. The summed E-state index contributed by atoms with van der Waals surface area (Å²) in [4.78, 5) is 28.4. The Bertz CT molecular complexity index is 1020. The van der Waals surface area contributed by atoms with Crippen LogP contribution in [-0.4, -0.2) is 16.8 Å². The molecule has 0 unspecified atom stereocenters. The van der Waals surface area contributed by atoms with E-state index in [2.05, 4.69) is 36.6 Å². The monoisotopic (exact) mass is 425 g/mol. The van der Waals surface area contributed by atoms with Gasteiger partial charge in [0.1, 0.15) is 0 Å². The van der Waals surface area contributed by atoms with Gasteiger partial charge in [0.15, 0.2) is 11.7 Å². The molecule has 0 radical (unpaired) electrons. The fourth-order valence-electron chi connectivity index (χ4n) is 2.78. The number of nitrogens with zero attached hydrogens (tertiary/aromatic N) is 1. The van der Waals surface area contributed by atoms with Crippen LogP contribution in [0.1, 0.15) is 49.0 Å². The number of aromatic nitrogens is 1. The first kappa shape index (κ1) is 21.6. The van der Waals surface area contributed by atoms with Gasteiger partial charge in [0.25, 0.3) is 5.91 Å². The molecule has 7 heteroatoms. The first-order valence-electron chi connectivity index (χ1n) is 9.63. The minimum Gasteiger partial charge on any atom is -0.441 e. The molecule has 1 aromatic heterocycles. The van der Waals surface area contributed by atoms with Crippen LogP contribution >= 0.6 is 11.6 Å². The normalized spacial score (nSPS) is 11.2. The molecule has 2 amide bonds. The van der Waals surface area contributed by atoms with Gasteiger partial charge < -0.3 is 4.42 Å². The van der Waals surface area contributed by atoms with Gasteiger partial charge in [0, 0.05) is 29.0 Å². The Morgan fingerprint density at radius 2 is 1.67 bits per heavy atom. The quantitative estimate of drug-likeness (QED) is 0.581. The lowest BCUT2D eigenvalue weighted by atomic mass is 9.87. The molecule has 156 valence electrons. The van der Waals surface area contributed by atoms with E-state index < -0.39 is 0 Å². The third-order valence-electron chi connectivity index (χ3n) is 4.58.